The maximum atomic E-state index is 11.4. The maximum Gasteiger partial charge on any atom is 0.251 e. The summed E-state index contributed by atoms with van der Waals surface area (Å²) in [4.78, 5) is 26.6. The summed E-state index contributed by atoms with van der Waals surface area (Å²) in [7, 11) is 0. The van der Waals surface area contributed by atoms with Crippen LogP contribution >= 0.6 is 11.8 Å². The summed E-state index contributed by atoms with van der Waals surface area (Å²) in [6.07, 6.45) is 0.901. The van der Waals surface area contributed by atoms with E-state index < -0.39 is 6.04 Å². The number of nitrogens with one attached hydrogen (secondary N) is 2. The minimum Gasteiger partial charge on any atom is -0.362 e. The van der Waals surface area contributed by atoms with Gasteiger partial charge in [0.1, 0.15) is 6.04 Å². The van der Waals surface area contributed by atoms with Gasteiger partial charge < -0.3 is 5.32 Å². The number of nitrogens with zero attached hydrogens (tertiary/aromatic N) is 1. The Hall–Kier alpha value is -1.04. The Morgan fingerprint density at radius 3 is 2.87 bits per heavy atom. The van der Waals surface area contributed by atoms with Gasteiger partial charge in [-0.1, -0.05) is 11.8 Å². The Bertz CT molecular complexity index is 329. The second-order valence-corrected chi connectivity index (χ2v) is 4.77. The number of amides is 2. The molecular formula is C9H13N3O2S. The lowest BCUT2D eigenvalue weighted by Crippen LogP contribution is -2.43. The van der Waals surface area contributed by atoms with E-state index in [4.69, 9.17) is 0 Å². The number of amidine groups is 1. The van der Waals surface area contributed by atoms with Crippen molar-refractivity contribution in [3.63, 3.8) is 0 Å². The zero-order chi connectivity index (χ0) is 10.8. The molecule has 2 rings (SSSR count). The molecule has 0 aromatic rings. The monoisotopic (exact) mass is 227 g/mol. The number of thioether (sulfide) groups is 1. The van der Waals surface area contributed by atoms with Gasteiger partial charge in [0.15, 0.2) is 5.17 Å². The highest BCUT2D eigenvalue weighted by Gasteiger charge is 2.27. The van der Waals surface area contributed by atoms with E-state index in [0.29, 0.717) is 18.9 Å². The predicted octanol–water partition coefficient (Wildman–Crippen LogP) is -0.128. The van der Waals surface area contributed by atoms with Crippen LogP contribution in [0.1, 0.15) is 19.8 Å². The highest BCUT2D eigenvalue weighted by molar-refractivity contribution is 8.14. The molecule has 2 fully saturated rings. The summed E-state index contributed by atoms with van der Waals surface area (Å²) >= 11 is 1.62. The first-order valence-corrected chi connectivity index (χ1v) is 5.94. The van der Waals surface area contributed by atoms with Crippen LogP contribution in [0.25, 0.3) is 0 Å². The Balaban J connectivity index is 1.99. The zero-order valence-corrected chi connectivity index (χ0v) is 9.26. The molecule has 0 aliphatic carbocycles. The Kier molecular flexibility index (Phi) is 2.95. The highest BCUT2D eigenvalue weighted by Crippen LogP contribution is 2.16. The molecule has 0 aromatic carbocycles. The summed E-state index contributed by atoms with van der Waals surface area (Å²) < 4.78 is 0. The van der Waals surface area contributed by atoms with E-state index in [9.17, 15) is 9.59 Å². The fourth-order valence-corrected chi connectivity index (χ4v) is 2.50. The third-order valence-electron chi connectivity index (χ3n) is 2.32. The molecule has 0 aromatic heterocycles. The molecule has 5 nitrogen and oxygen atoms in total. The number of aliphatic imine (C=N–C) groups is 1. The number of piperidine rings is 1. The first kappa shape index (κ1) is 10.5. The molecule has 6 heteroatoms. The van der Waals surface area contributed by atoms with Crippen molar-refractivity contribution in [3.05, 3.63) is 0 Å². The minimum absolute atomic E-state index is 0.197. The van der Waals surface area contributed by atoms with Gasteiger partial charge in [0, 0.05) is 18.2 Å². The van der Waals surface area contributed by atoms with Gasteiger partial charge in [-0.15, -0.1) is 0 Å². The van der Waals surface area contributed by atoms with Crippen molar-refractivity contribution in [1.29, 1.82) is 0 Å². The SMILES string of the molecule is CC1CSC(=NC2CCC(=O)NC2=O)N1. The van der Waals surface area contributed by atoms with E-state index in [0.717, 1.165) is 10.9 Å². The number of hydrogen-bond donors (Lipinski definition) is 2. The molecule has 2 N–H and O–H groups in total. The molecule has 2 aliphatic rings. The highest BCUT2D eigenvalue weighted by atomic mass is 32.2. The van der Waals surface area contributed by atoms with Gasteiger partial charge in [-0.05, 0) is 13.3 Å². The zero-order valence-electron chi connectivity index (χ0n) is 8.45. The van der Waals surface area contributed by atoms with Crippen molar-refractivity contribution in [1.82, 2.24) is 10.6 Å². The summed E-state index contributed by atoms with van der Waals surface area (Å²) in [6, 6.07) is 0.00466. The van der Waals surface area contributed by atoms with Crippen molar-refractivity contribution >= 4 is 28.7 Å². The van der Waals surface area contributed by atoms with E-state index in [1.54, 1.807) is 11.8 Å². The first-order chi connectivity index (χ1) is 7.15. The van der Waals surface area contributed by atoms with Crippen LogP contribution in [0, 0.1) is 0 Å². The van der Waals surface area contributed by atoms with Gasteiger partial charge in [0.2, 0.25) is 5.91 Å². The number of carbonyl (C=O) groups is 2. The molecule has 2 amide bonds. The standard InChI is InChI=1S/C9H13N3O2S/c1-5-4-15-9(10-5)11-6-2-3-7(13)12-8(6)14/h5-6H,2-4H2,1H3,(H,10,11)(H,12,13,14). The fraction of sp³-hybridized carbons (Fsp3) is 0.667. The predicted molar refractivity (Wildman–Crippen MR) is 58.7 cm³/mol. The molecule has 2 unspecified atom stereocenters. The summed E-state index contributed by atoms with van der Waals surface area (Å²) in [5.74, 6) is 0.504. The average molecular weight is 227 g/mol. The molecule has 82 valence electrons. The van der Waals surface area contributed by atoms with E-state index in [-0.39, 0.29) is 11.8 Å². The van der Waals surface area contributed by atoms with Gasteiger partial charge in [-0.25, -0.2) is 4.99 Å². The molecule has 2 aliphatic heterocycles. The van der Waals surface area contributed by atoms with Crippen molar-refractivity contribution in [3.8, 4) is 0 Å². The summed E-state index contributed by atoms with van der Waals surface area (Å²) in [6.45, 7) is 2.07. The molecular weight excluding hydrogens is 214 g/mol. The van der Waals surface area contributed by atoms with Gasteiger partial charge in [0.25, 0.3) is 5.91 Å². The van der Waals surface area contributed by atoms with Crippen LogP contribution in [0.4, 0.5) is 0 Å². The van der Waals surface area contributed by atoms with Gasteiger partial charge in [-0.2, -0.15) is 0 Å². The smallest absolute Gasteiger partial charge is 0.251 e. The lowest BCUT2D eigenvalue weighted by Gasteiger charge is -2.17. The lowest BCUT2D eigenvalue weighted by atomic mass is 10.1. The topological polar surface area (TPSA) is 70.6 Å². The van der Waals surface area contributed by atoms with E-state index in [1.165, 1.54) is 0 Å². The largest absolute Gasteiger partial charge is 0.362 e. The second-order valence-electron chi connectivity index (χ2n) is 3.76. The van der Waals surface area contributed by atoms with E-state index in [1.807, 2.05) is 0 Å². The summed E-state index contributed by atoms with van der Waals surface area (Å²) in [5.41, 5.74) is 0. The number of rotatable bonds is 1. The molecule has 0 spiro atoms. The summed E-state index contributed by atoms with van der Waals surface area (Å²) in [5, 5.41) is 6.29. The van der Waals surface area contributed by atoms with Crippen LogP contribution in [-0.2, 0) is 9.59 Å². The van der Waals surface area contributed by atoms with Crippen LogP contribution in [-0.4, -0.2) is 34.8 Å². The molecule has 15 heavy (non-hydrogen) atoms. The number of hydrogen-bond acceptors (Lipinski definition) is 4. The van der Waals surface area contributed by atoms with Gasteiger partial charge in [0.05, 0.1) is 0 Å². The van der Waals surface area contributed by atoms with E-state index in [2.05, 4.69) is 22.5 Å². The Morgan fingerprint density at radius 2 is 2.27 bits per heavy atom. The normalized spacial score (nSPS) is 34.1. The minimum atomic E-state index is -0.400. The van der Waals surface area contributed by atoms with Gasteiger partial charge >= 0.3 is 0 Å². The van der Waals surface area contributed by atoms with E-state index >= 15 is 0 Å². The quantitative estimate of drug-likeness (QED) is 0.612. The Morgan fingerprint density at radius 1 is 1.47 bits per heavy atom. The molecule has 0 bridgehead atoms. The first-order valence-electron chi connectivity index (χ1n) is 4.96. The van der Waals surface area contributed by atoms with Crippen LogP contribution in [0.15, 0.2) is 4.99 Å². The molecule has 2 saturated heterocycles. The second kappa shape index (κ2) is 4.22. The molecule has 0 radical (unpaired) electrons. The van der Waals surface area contributed by atoms with Crippen molar-refractivity contribution in [2.24, 2.45) is 4.99 Å². The van der Waals surface area contributed by atoms with Crippen molar-refractivity contribution in [2.75, 3.05) is 5.75 Å². The van der Waals surface area contributed by atoms with Crippen LogP contribution in [0.2, 0.25) is 0 Å². The Labute approximate surface area is 92.1 Å². The third-order valence-corrected chi connectivity index (χ3v) is 3.49. The number of carbonyl (C=O) groups excluding carboxylic acids is 2. The third kappa shape index (κ3) is 2.50. The van der Waals surface area contributed by atoms with Crippen LogP contribution in [0.3, 0.4) is 0 Å². The van der Waals surface area contributed by atoms with Crippen LogP contribution < -0.4 is 10.6 Å². The molecule has 2 atom stereocenters. The lowest BCUT2D eigenvalue weighted by molar-refractivity contribution is -0.133. The molecule has 0 saturated carbocycles. The fourth-order valence-electron chi connectivity index (χ4n) is 1.52. The maximum absolute atomic E-state index is 11.4. The average Bonchev–Trinajstić information content (AvgIpc) is 2.56. The number of imide groups is 1. The van der Waals surface area contributed by atoms with Crippen LogP contribution in [0.5, 0.6) is 0 Å². The molecule has 2 heterocycles. The van der Waals surface area contributed by atoms with Gasteiger partial charge in [-0.3, -0.25) is 14.9 Å². The van der Waals surface area contributed by atoms with Crippen molar-refractivity contribution in [2.45, 2.75) is 31.8 Å². The van der Waals surface area contributed by atoms with Crippen molar-refractivity contribution < 1.29 is 9.59 Å².